The molecule has 2 saturated heterocycles. The second-order valence-electron chi connectivity index (χ2n) is 6.68. The first-order chi connectivity index (χ1) is 11.4. The maximum Gasteiger partial charge on any atom is 0.223 e. The monoisotopic (exact) mass is 351 g/mol. The van der Waals surface area contributed by atoms with Crippen molar-refractivity contribution in [3.63, 3.8) is 0 Å². The molecule has 2 fully saturated rings. The molecule has 2 aliphatic rings. The average Bonchev–Trinajstić information content (AvgIpc) is 3.05. The van der Waals surface area contributed by atoms with Crippen LogP contribution in [0.2, 0.25) is 0 Å². The number of benzene rings is 1. The van der Waals surface area contributed by atoms with Crippen molar-refractivity contribution in [1.82, 2.24) is 9.21 Å². The number of amides is 1. The highest BCUT2D eigenvalue weighted by Crippen LogP contribution is 2.23. The number of nitrogens with zero attached hydrogens (tertiary/aromatic N) is 3. The van der Waals surface area contributed by atoms with Crippen molar-refractivity contribution in [1.29, 1.82) is 0 Å². The van der Waals surface area contributed by atoms with Gasteiger partial charge in [-0.1, -0.05) is 18.2 Å². The second-order valence-corrected chi connectivity index (χ2v) is 8.67. The van der Waals surface area contributed by atoms with Gasteiger partial charge in [0.2, 0.25) is 15.9 Å². The number of carbonyl (C=O) groups excluding carboxylic acids is 1. The van der Waals surface area contributed by atoms with E-state index < -0.39 is 10.0 Å². The summed E-state index contributed by atoms with van der Waals surface area (Å²) in [5, 5.41) is 0. The molecule has 1 aromatic carbocycles. The van der Waals surface area contributed by atoms with Crippen LogP contribution in [0.1, 0.15) is 12.8 Å². The summed E-state index contributed by atoms with van der Waals surface area (Å²) in [5.74, 6) is 0.308. The Bertz CT molecular complexity index is 670. The van der Waals surface area contributed by atoms with Crippen molar-refractivity contribution in [2.75, 3.05) is 50.4 Å². The highest BCUT2D eigenvalue weighted by Gasteiger charge is 2.31. The predicted molar refractivity (Wildman–Crippen MR) is 94.4 cm³/mol. The quantitative estimate of drug-likeness (QED) is 0.812. The molecule has 1 unspecified atom stereocenters. The van der Waals surface area contributed by atoms with Gasteiger partial charge < -0.3 is 9.80 Å². The molecular formula is C17H25N3O3S. The zero-order valence-electron chi connectivity index (χ0n) is 14.1. The fraction of sp³-hybridized carbons (Fsp3) is 0.588. The zero-order chi connectivity index (χ0) is 17.2. The molecule has 24 heavy (non-hydrogen) atoms. The molecule has 2 heterocycles. The van der Waals surface area contributed by atoms with Crippen molar-refractivity contribution in [2.45, 2.75) is 12.8 Å². The molecule has 3 rings (SSSR count). The average molecular weight is 351 g/mol. The minimum Gasteiger partial charge on any atom is -0.368 e. The third-order valence-electron chi connectivity index (χ3n) is 4.93. The Balaban J connectivity index is 1.48. The number of anilines is 1. The van der Waals surface area contributed by atoms with Gasteiger partial charge in [-0.3, -0.25) is 4.79 Å². The highest BCUT2D eigenvalue weighted by molar-refractivity contribution is 7.88. The minimum absolute atomic E-state index is 0.152. The largest absolute Gasteiger partial charge is 0.368 e. The molecule has 0 N–H and O–H groups in total. The summed E-state index contributed by atoms with van der Waals surface area (Å²) in [4.78, 5) is 16.7. The van der Waals surface area contributed by atoms with E-state index >= 15 is 0 Å². The molecule has 0 saturated carbocycles. The first kappa shape index (κ1) is 17.2. The lowest BCUT2D eigenvalue weighted by Gasteiger charge is -2.36. The fourth-order valence-electron chi connectivity index (χ4n) is 3.49. The SMILES string of the molecule is CS(=O)(=O)N1CCC(CC(=O)N2CCN(c3ccccc3)CC2)C1. The van der Waals surface area contributed by atoms with E-state index in [0.717, 1.165) is 32.6 Å². The lowest BCUT2D eigenvalue weighted by molar-refractivity contribution is -0.132. The van der Waals surface area contributed by atoms with Gasteiger partial charge >= 0.3 is 0 Å². The Morgan fingerprint density at radius 3 is 2.33 bits per heavy atom. The first-order valence-corrected chi connectivity index (χ1v) is 10.3. The zero-order valence-corrected chi connectivity index (χ0v) is 14.9. The number of carbonyl (C=O) groups is 1. The second kappa shape index (κ2) is 7.11. The van der Waals surface area contributed by atoms with Crippen LogP contribution in [0, 0.1) is 5.92 Å². The minimum atomic E-state index is -3.13. The number of piperazine rings is 1. The maximum absolute atomic E-state index is 12.5. The van der Waals surface area contributed by atoms with E-state index in [2.05, 4.69) is 17.0 Å². The lowest BCUT2D eigenvalue weighted by Crippen LogP contribution is -2.49. The van der Waals surface area contributed by atoms with Gasteiger partial charge in [-0.15, -0.1) is 0 Å². The molecule has 2 aliphatic heterocycles. The van der Waals surface area contributed by atoms with Crippen LogP contribution in [-0.4, -0.2) is 69.1 Å². The third kappa shape index (κ3) is 4.08. The van der Waals surface area contributed by atoms with Crippen molar-refractivity contribution < 1.29 is 13.2 Å². The Hall–Kier alpha value is -1.60. The molecule has 0 aromatic heterocycles. The Labute approximate surface area is 144 Å². The van der Waals surface area contributed by atoms with E-state index in [0.29, 0.717) is 19.5 Å². The van der Waals surface area contributed by atoms with Crippen LogP contribution in [0.4, 0.5) is 5.69 Å². The Morgan fingerprint density at radius 2 is 1.75 bits per heavy atom. The van der Waals surface area contributed by atoms with E-state index in [-0.39, 0.29) is 11.8 Å². The van der Waals surface area contributed by atoms with Crippen LogP contribution >= 0.6 is 0 Å². The Morgan fingerprint density at radius 1 is 1.08 bits per heavy atom. The van der Waals surface area contributed by atoms with Crippen LogP contribution < -0.4 is 4.90 Å². The fourth-order valence-corrected chi connectivity index (χ4v) is 4.41. The van der Waals surface area contributed by atoms with E-state index in [1.165, 1.54) is 16.2 Å². The van der Waals surface area contributed by atoms with E-state index in [1.807, 2.05) is 23.1 Å². The standard InChI is InChI=1S/C17H25N3O3S/c1-24(22,23)20-8-7-15(14-20)13-17(21)19-11-9-18(10-12-19)16-5-3-2-4-6-16/h2-6,15H,7-14H2,1H3. The maximum atomic E-state index is 12.5. The summed E-state index contributed by atoms with van der Waals surface area (Å²) in [6.45, 7) is 4.17. The first-order valence-electron chi connectivity index (χ1n) is 8.46. The molecule has 6 nitrogen and oxygen atoms in total. The number of rotatable bonds is 4. The highest BCUT2D eigenvalue weighted by atomic mass is 32.2. The molecule has 1 atom stereocenters. The van der Waals surface area contributed by atoms with Gasteiger partial charge in [0.15, 0.2) is 0 Å². The van der Waals surface area contributed by atoms with Crippen LogP contribution in [0.3, 0.4) is 0 Å². The van der Waals surface area contributed by atoms with Crippen molar-refractivity contribution in [3.8, 4) is 0 Å². The number of hydrogen-bond donors (Lipinski definition) is 0. The van der Waals surface area contributed by atoms with Gasteiger partial charge in [0.25, 0.3) is 0 Å². The van der Waals surface area contributed by atoms with Gasteiger partial charge in [-0.05, 0) is 24.5 Å². The molecule has 0 spiro atoms. The molecule has 0 aliphatic carbocycles. The summed E-state index contributed by atoms with van der Waals surface area (Å²) in [7, 11) is -3.13. The van der Waals surface area contributed by atoms with Crippen molar-refractivity contribution >= 4 is 21.6 Å². The lowest BCUT2D eigenvalue weighted by atomic mass is 10.0. The molecule has 1 amide bonds. The van der Waals surface area contributed by atoms with E-state index in [4.69, 9.17) is 0 Å². The molecule has 132 valence electrons. The van der Waals surface area contributed by atoms with Crippen molar-refractivity contribution in [2.24, 2.45) is 5.92 Å². The number of para-hydroxylation sites is 1. The van der Waals surface area contributed by atoms with Gasteiger partial charge in [-0.2, -0.15) is 0 Å². The predicted octanol–water partition coefficient (Wildman–Crippen LogP) is 1.01. The van der Waals surface area contributed by atoms with Gasteiger partial charge in [-0.25, -0.2) is 12.7 Å². The van der Waals surface area contributed by atoms with Crippen LogP contribution in [0.15, 0.2) is 30.3 Å². The molecule has 7 heteroatoms. The summed E-state index contributed by atoms with van der Waals surface area (Å²) < 4.78 is 24.6. The molecule has 1 aromatic rings. The molecular weight excluding hydrogens is 326 g/mol. The number of sulfonamides is 1. The smallest absolute Gasteiger partial charge is 0.223 e. The van der Waals surface area contributed by atoms with Crippen LogP contribution in [0.25, 0.3) is 0 Å². The number of hydrogen-bond acceptors (Lipinski definition) is 4. The van der Waals surface area contributed by atoms with Crippen molar-refractivity contribution in [3.05, 3.63) is 30.3 Å². The summed E-state index contributed by atoms with van der Waals surface area (Å²) >= 11 is 0. The van der Waals surface area contributed by atoms with E-state index in [1.54, 1.807) is 0 Å². The summed E-state index contributed by atoms with van der Waals surface area (Å²) in [5.41, 5.74) is 1.20. The summed E-state index contributed by atoms with van der Waals surface area (Å²) in [6, 6.07) is 10.2. The van der Waals surface area contributed by atoms with Crippen LogP contribution in [-0.2, 0) is 14.8 Å². The van der Waals surface area contributed by atoms with E-state index in [9.17, 15) is 13.2 Å². The Kier molecular flexibility index (Phi) is 5.10. The molecule has 0 bridgehead atoms. The van der Waals surface area contributed by atoms with Gasteiger partial charge in [0.1, 0.15) is 0 Å². The van der Waals surface area contributed by atoms with Gasteiger partial charge in [0, 0.05) is 51.4 Å². The third-order valence-corrected chi connectivity index (χ3v) is 6.20. The topological polar surface area (TPSA) is 60.9 Å². The van der Waals surface area contributed by atoms with Crippen LogP contribution in [0.5, 0.6) is 0 Å². The van der Waals surface area contributed by atoms with Gasteiger partial charge in [0.05, 0.1) is 6.26 Å². The normalized spacial score (nSPS) is 22.8. The summed E-state index contributed by atoms with van der Waals surface area (Å²) in [6.07, 6.45) is 2.47. The molecule has 0 radical (unpaired) electrons.